The minimum absolute atomic E-state index is 0.0275. The number of aryl methyl sites for hydroxylation is 2. The highest BCUT2D eigenvalue weighted by molar-refractivity contribution is 5.95. The molecule has 27 heavy (non-hydrogen) atoms. The van der Waals surface area contributed by atoms with Crippen LogP contribution in [0.2, 0.25) is 0 Å². The topological polar surface area (TPSA) is 82.4 Å². The van der Waals surface area contributed by atoms with E-state index in [1.165, 1.54) is 6.39 Å². The summed E-state index contributed by atoms with van der Waals surface area (Å²) in [5, 5.41) is 0. The van der Waals surface area contributed by atoms with Crippen LogP contribution in [-0.2, 0) is 11.2 Å². The molecule has 2 aromatic heterocycles. The van der Waals surface area contributed by atoms with Crippen molar-refractivity contribution in [3.8, 4) is 0 Å². The van der Waals surface area contributed by atoms with Crippen LogP contribution in [0.1, 0.15) is 27.3 Å². The van der Waals surface area contributed by atoms with Crippen molar-refractivity contribution in [3.63, 3.8) is 0 Å². The Morgan fingerprint density at radius 2 is 1.85 bits per heavy atom. The predicted molar refractivity (Wildman–Crippen MR) is 100 cm³/mol. The van der Waals surface area contributed by atoms with Gasteiger partial charge in [0.05, 0.1) is 12.0 Å². The molecule has 2 amide bonds. The van der Waals surface area contributed by atoms with Crippen molar-refractivity contribution >= 4 is 22.9 Å². The third kappa shape index (κ3) is 3.45. The first-order valence-corrected chi connectivity index (χ1v) is 9.06. The monoisotopic (exact) mass is 366 g/mol. The summed E-state index contributed by atoms with van der Waals surface area (Å²) in [6, 6.07) is 7.50. The molecular weight excluding hydrogens is 344 g/mol. The number of carbonyl (C=O) groups is 2. The highest BCUT2D eigenvalue weighted by atomic mass is 16.3. The van der Waals surface area contributed by atoms with Gasteiger partial charge in [-0.1, -0.05) is 6.07 Å². The number of fused-ring (bicyclic) bond motifs is 1. The second kappa shape index (κ2) is 6.90. The Bertz CT molecular complexity index is 996. The van der Waals surface area contributed by atoms with Gasteiger partial charge in [0.1, 0.15) is 5.52 Å². The fourth-order valence-electron chi connectivity index (χ4n) is 3.57. The molecule has 0 spiro atoms. The normalized spacial score (nSPS) is 14.7. The molecule has 1 N–H and O–H groups in total. The lowest BCUT2D eigenvalue weighted by atomic mass is 10.1. The zero-order valence-electron chi connectivity index (χ0n) is 15.5. The first kappa shape index (κ1) is 17.3. The number of H-pyrrole nitrogens is 1. The molecule has 0 aliphatic carbocycles. The molecule has 1 fully saturated rings. The summed E-state index contributed by atoms with van der Waals surface area (Å²) >= 11 is 0. The van der Waals surface area contributed by atoms with Crippen molar-refractivity contribution in [1.82, 2.24) is 19.8 Å². The maximum absolute atomic E-state index is 12.7. The van der Waals surface area contributed by atoms with Gasteiger partial charge in [0, 0.05) is 37.6 Å². The molecule has 1 aliphatic heterocycles. The van der Waals surface area contributed by atoms with Gasteiger partial charge in [-0.3, -0.25) is 9.59 Å². The van der Waals surface area contributed by atoms with E-state index in [1.54, 1.807) is 0 Å². The number of carbonyl (C=O) groups excluding carboxylic acids is 2. The summed E-state index contributed by atoms with van der Waals surface area (Å²) in [6.07, 6.45) is 1.72. The van der Waals surface area contributed by atoms with Crippen molar-refractivity contribution in [2.45, 2.75) is 20.3 Å². The zero-order valence-corrected chi connectivity index (χ0v) is 15.5. The molecule has 3 heterocycles. The van der Waals surface area contributed by atoms with Gasteiger partial charge in [-0.25, -0.2) is 4.98 Å². The molecule has 1 saturated heterocycles. The van der Waals surface area contributed by atoms with E-state index in [0.717, 1.165) is 22.5 Å². The molecule has 0 saturated carbocycles. The fraction of sp³-hybridized carbons (Fsp3) is 0.350. The van der Waals surface area contributed by atoms with E-state index in [-0.39, 0.29) is 11.8 Å². The minimum atomic E-state index is 0.0275. The van der Waals surface area contributed by atoms with Gasteiger partial charge >= 0.3 is 0 Å². The number of hydrogen-bond donors (Lipinski definition) is 1. The summed E-state index contributed by atoms with van der Waals surface area (Å²) in [5.41, 5.74) is 4.96. The van der Waals surface area contributed by atoms with Crippen LogP contribution in [-0.4, -0.2) is 57.8 Å². The van der Waals surface area contributed by atoms with E-state index in [1.807, 2.05) is 47.9 Å². The lowest BCUT2D eigenvalue weighted by Crippen LogP contribution is -2.51. The molecule has 7 heteroatoms. The van der Waals surface area contributed by atoms with Gasteiger partial charge in [-0.2, -0.15) is 0 Å². The van der Waals surface area contributed by atoms with Crippen molar-refractivity contribution in [2.75, 3.05) is 26.2 Å². The van der Waals surface area contributed by atoms with Crippen molar-refractivity contribution in [2.24, 2.45) is 0 Å². The number of piperazine rings is 1. The van der Waals surface area contributed by atoms with Gasteiger partial charge in [0.25, 0.3) is 5.91 Å². The highest BCUT2D eigenvalue weighted by Crippen LogP contribution is 2.17. The van der Waals surface area contributed by atoms with E-state index in [0.29, 0.717) is 43.7 Å². The lowest BCUT2D eigenvalue weighted by molar-refractivity contribution is -0.131. The first-order chi connectivity index (χ1) is 13.0. The summed E-state index contributed by atoms with van der Waals surface area (Å²) in [6.45, 7) is 6.06. The van der Waals surface area contributed by atoms with Crippen LogP contribution in [0.25, 0.3) is 11.1 Å². The summed E-state index contributed by atoms with van der Waals surface area (Å²) < 4.78 is 5.30. The summed E-state index contributed by atoms with van der Waals surface area (Å²) in [7, 11) is 0. The van der Waals surface area contributed by atoms with Gasteiger partial charge in [0.15, 0.2) is 12.0 Å². The number of oxazole rings is 1. The van der Waals surface area contributed by atoms with Crippen LogP contribution in [0, 0.1) is 13.8 Å². The second-order valence-corrected chi connectivity index (χ2v) is 7.00. The lowest BCUT2D eigenvalue weighted by Gasteiger charge is -2.35. The SMILES string of the molecule is Cc1cc(C(=O)N2CCN(C(=O)Cc3ccc4ncoc4c3)CC2)c(C)[nH]1. The molecule has 0 atom stereocenters. The Hall–Kier alpha value is -3.09. The largest absolute Gasteiger partial charge is 0.443 e. The third-order valence-electron chi connectivity index (χ3n) is 5.05. The number of amides is 2. The van der Waals surface area contributed by atoms with Gasteiger partial charge in [0.2, 0.25) is 5.91 Å². The summed E-state index contributed by atoms with van der Waals surface area (Å²) in [5.74, 6) is 0.0920. The van der Waals surface area contributed by atoms with E-state index >= 15 is 0 Å². The maximum atomic E-state index is 12.7. The molecule has 140 valence electrons. The van der Waals surface area contributed by atoms with Crippen molar-refractivity contribution in [3.05, 3.63) is 53.2 Å². The molecule has 0 unspecified atom stereocenters. The number of benzene rings is 1. The van der Waals surface area contributed by atoms with Crippen LogP contribution in [0.4, 0.5) is 0 Å². The molecule has 0 bridgehead atoms. The highest BCUT2D eigenvalue weighted by Gasteiger charge is 2.26. The fourth-order valence-corrected chi connectivity index (χ4v) is 3.57. The van der Waals surface area contributed by atoms with Crippen LogP contribution in [0.3, 0.4) is 0 Å². The molecule has 3 aromatic rings. The van der Waals surface area contributed by atoms with Gasteiger partial charge < -0.3 is 19.2 Å². The van der Waals surface area contributed by atoms with Gasteiger partial charge in [-0.15, -0.1) is 0 Å². The van der Waals surface area contributed by atoms with E-state index < -0.39 is 0 Å². The van der Waals surface area contributed by atoms with Gasteiger partial charge in [-0.05, 0) is 37.6 Å². The maximum Gasteiger partial charge on any atom is 0.255 e. The molecular formula is C20H22N4O3. The zero-order chi connectivity index (χ0) is 19.0. The number of aromatic amines is 1. The minimum Gasteiger partial charge on any atom is -0.443 e. The van der Waals surface area contributed by atoms with Crippen LogP contribution in [0.5, 0.6) is 0 Å². The average molecular weight is 366 g/mol. The quantitative estimate of drug-likeness (QED) is 0.771. The van der Waals surface area contributed by atoms with Crippen LogP contribution in [0.15, 0.2) is 35.1 Å². The van der Waals surface area contributed by atoms with Crippen molar-refractivity contribution in [1.29, 1.82) is 0 Å². The van der Waals surface area contributed by atoms with E-state index in [9.17, 15) is 9.59 Å². The number of aromatic nitrogens is 2. The first-order valence-electron chi connectivity index (χ1n) is 9.06. The Morgan fingerprint density at radius 3 is 2.56 bits per heavy atom. The Balaban J connectivity index is 1.36. The third-order valence-corrected chi connectivity index (χ3v) is 5.05. The summed E-state index contributed by atoms with van der Waals surface area (Å²) in [4.78, 5) is 36.2. The number of nitrogens with zero attached hydrogens (tertiary/aromatic N) is 3. The predicted octanol–water partition coefficient (Wildman–Crippen LogP) is 2.30. The molecule has 7 nitrogen and oxygen atoms in total. The number of nitrogens with one attached hydrogen (secondary N) is 1. The Kier molecular flexibility index (Phi) is 4.43. The smallest absolute Gasteiger partial charge is 0.255 e. The number of rotatable bonds is 3. The van der Waals surface area contributed by atoms with Crippen LogP contribution >= 0.6 is 0 Å². The van der Waals surface area contributed by atoms with E-state index in [4.69, 9.17) is 4.42 Å². The van der Waals surface area contributed by atoms with Crippen LogP contribution < -0.4 is 0 Å². The Morgan fingerprint density at radius 1 is 1.11 bits per heavy atom. The second-order valence-electron chi connectivity index (χ2n) is 7.00. The Labute approximate surface area is 157 Å². The molecule has 0 radical (unpaired) electrons. The van der Waals surface area contributed by atoms with E-state index in [2.05, 4.69) is 9.97 Å². The molecule has 4 rings (SSSR count). The van der Waals surface area contributed by atoms with Crippen molar-refractivity contribution < 1.29 is 14.0 Å². The standard InChI is InChI=1S/C20H22N4O3/c1-13-9-16(14(2)22-13)20(26)24-7-5-23(6-8-24)19(25)11-15-3-4-17-18(10-15)27-12-21-17/h3-4,9-10,12,22H,5-8,11H2,1-2H3. The number of hydrogen-bond acceptors (Lipinski definition) is 4. The molecule has 1 aliphatic rings. The average Bonchev–Trinajstić information content (AvgIpc) is 3.26. The molecule has 1 aromatic carbocycles.